The number of carbonyl (C=O) groups excluding carboxylic acids is 1. The SMILES string of the molecule is CC(C)(C)OC(=O)NNCc1cc(-c2ccccc2)cs1. The lowest BCUT2D eigenvalue weighted by Gasteiger charge is -2.19. The molecule has 0 bridgehead atoms. The summed E-state index contributed by atoms with van der Waals surface area (Å²) in [5, 5.41) is 2.11. The minimum Gasteiger partial charge on any atom is -0.443 e. The van der Waals surface area contributed by atoms with Gasteiger partial charge in [-0.25, -0.2) is 10.2 Å². The van der Waals surface area contributed by atoms with Gasteiger partial charge in [0.25, 0.3) is 0 Å². The van der Waals surface area contributed by atoms with Gasteiger partial charge in [0, 0.05) is 11.4 Å². The fourth-order valence-corrected chi connectivity index (χ4v) is 2.60. The molecule has 0 aliphatic carbocycles. The van der Waals surface area contributed by atoms with Gasteiger partial charge in [-0.2, -0.15) is 0 Å². The molecule has 0 atom stereocenters. The first-order valence-corrected chi connectivity index (χ1v) is 7.67. The van der Waals surface area contributed by atoms with Gasteiger partial charge in [-0.05, 0) is 43.3 Å². The number of carbonyl (C=O) groups is 1. The maximum absolute atomic E-state index is 11.5. The van der Waals surface area contributed by atoms with Gasteiger partial charge in [0.1, 0.15) is 5.60 Å². The molecule has 21 heavy (non-hydrogen) atoms. The van der Waals surface area contributed by atoms with E-state index in [1.54, 1.807) is 11.3 Å². The normalized spacial score (nSPS) is 11.2. The molecule has 0 saturated carbocycles. The molecule has 2 N–H and O–H groups in total. The lowest BCUT2D eigenvalue weighted by atomic mass is 10.1. The van der Waals surface area contributed by atoms with Crippen molar-refractivity contribution in [1.82, 2.24) is 10.9 Å². The van der Waals surface area contributed by atoms with Crippen LogP contribution in [0.25, 0.3) is 11.1 Å². The minimum absolute atomic E-state index is 0.470. The van der Waals surface area contributed by atoms with Crippen molar-refractivity contribution >= 4 is 17.4 Å². The molecular formula is C16H20N2O2S. The smallest absolute Gasteiger partial charge is 0.422 e. The summed E-state index contributed by atoms with van der Waals surface area (Å²) in [5.41, 5.74) is 7.30. The van der Waals surface area contributed by atoms with Gasteiger partial charge in [-0.3, -0.25) is 5.43 Å². The van der Waals surface area contributed by atoms with E-state index >= 15 is 0 Å². The van der Waals surface area contributed by atoms with Crippen LogP contribution in [-0.4, -0.2) is 11.7 Å². The Morgan fingerprint density at radius 3 is 2.57 bits per heavy atom. The first kappa shape index (κ1) is 15.5. The number of hydrogen-bond donors (Lipinski definition) is 2. The number of hydrogen-bond acceptors (Lipinski definition) is 4. The summed E-state index contributed by atoms with van der Waals surface area (Å²) < 4.78 is 5.14. The van der Waals surface area contributed by atoms with Crippen molar-refractivity contribution < 1.29 is 9.53 Å². The molecule has 0 saturated heterocycles. The summed E-state index contributed by atoms with van der Waals surface area (Å²) in [5.74, 6) is 0. The van der Waals surface area contributed by atoms with Gasteiger partial charge < -0.3 is 4.74 Å². The molecule has 0 aliphatic heterocycles. The van der Waals surface area contributed by atoms with Crippen LogP contribution in [-0.2, 0) is 11.3 Å². The first-order chi connectivity index (χ1) is 9.94. The van der Waals surface area contributed by atoms with Crippen LogP contribution in [0.15, 0.2) is 41.8 Å². The highest BCUT2D eigenvalue weighted by Crippen LogP contribution is 2.25. The van der Waals surface area contributed by atoms with Crippen molar-refractivity contribution in [2.75, 3.05) is 0 Å². The largest absolute Gasteiger partial charge is 0.443 e. The molecule has 1 aromatic heterocycles. The van der Waals surface area contributed by atoms with Crippen molar-refractivity contribution in [2.24, 2.45) is 0 Å². The molecule has 0 aliphatic rings. The second-order valence-electron chi connectivity index (χ2n) is 5.65. The lowest BCUT2D eigenvalue weighted by Crippen LogP contribution is -2.40. The van der Waals surface area contributed by atoms with Gasteiger partial charge in [-0.15, -0.1) is 11.3 Å². The van der Waals surface area contributed by atoms with Crippen LogP contribution in [0.3, 0.4) is 0 Å². The lowest BCUT2D eigenvalue weighted by molar-refractivity contribution is 0.0497. The Balaban J connectivity index is 1.83. The topological polar surface area (TPSA) is 50.4 Å². The molecule has 1 heterocycles. The van der Waals surface area contributed by atoms with E-state index in [9.17, 15) is 4.79 Å². The summed E-state index contributed by atoms with van der Waals surface area (Å²) >= 11 is 1.65. The second-order valence-corrected chi connectivity index (χ2v) is 6.64. The summed E-state index contributed by atoms with van der Waals surface area (Å²) in [6.45, 7) is 6.06. The molecule has 2 aromatic rings. The minimum atomic E-state index is -0.491. The summed E-state index contributed by atoms with van der Waals surface area (Å²) in [7, 11) is 0. The number of hydrazine groups is 1. The van der Waals surface area contributed by atoms with E-state index in [4.69, 9.17) is 4.74 Å². The highest BCUT2D eigenvalue weighted by atomic mass is 32.1. The Morgan fingerprint density at radius 1 is 1.19 bits per heavy atom. The molecule has 0 radical (unpaired) electrons. The third-order valence-electron chi connectivity index (χ3n) is 2.61. The maximum Gasteiger partial charge on any atom is 0.422 e. The molecule has 1 amide bonds. The van der Waals surface area contributed by atoms with Crippen LogP contribution in [0.2, 0.25) is 0 Å². The number of benzene rings is 1. The van der Waals surface area contributed by atoms with E-state index in [2.05, 4.69) is 34.4 Å². The van der Waals surface area contributed by atoms with Crippen molar-refractivity contribution in [3.05, 3.63) is 46.7 Å². The van der Waals surface area contributed by atoms with E-state index in [1.165, 1.54) is 11.1 Å². The molecule has 4 nitrogen and oxygen atoms in total. The quantitative estimate of drug-likeness (QED) is 0.841. The van der Waals surface area contributed by atoms with Crippen molar-refractivity contribution in [3.63, 3.8) is 0 Å². The van der Waals surface area contributed by atoms with E-state index in [-0.39, 0.29) is 0 Å². The zero-order valence-electron chi connectivity index (χ0n) is 12.5. The fourth-order valence-electron chi connectivity index (χ4n) is 1.76. The van der Waals surface area contributed by atoms with Crippen LogP contribution in [0.4, 0.5) is 4.79 Å². The predicted molar refractivity (Wildman–Crippen MR) is 86.0 cm³/mol. The second kappa shape index (κ2) is 6.74. The van der Waals surface area contributed by atoms with Gasteiger partial charge in [0.2, 0.25) is 0 Å². The van der Waals surface area contributed by atoms with Crippen molar-refractivity contribution in [1.29, 1.82) is 0 Å². The Bertz CT molecular complexity index is 588. The highest BCUT2D eigenvalue weighted by Gasteiger charge is 2.15. The van der Waals surface area contributed by atoms with E-state index in [0.717, 1.165) is 4.88 Å². The Morgan fingerprint density at radius 2 is 1.90 bits per heavy atom. The van der Waals surface area contributed by atoms with Gasteiger partial charge in [0.05, 0.1) is 0 Å². The predicted octanol–water partition coefficient (Wildman–Crippen LogP) is 3.94. The highest BCUT2D eigenvalue weighted by molar-refractivity contribution is 7.10. The maximum atomic E-state index is 11.5. The first-order valence-electron chi connectivity index (χ1n) is 6.79. The standard InChI is InChI=1S/C16H20N2O2S/c1-16(2,3)20-15(19)18-17-10-14-9-13(11-21-14)12-7-5-4-6-8-12/h4-9,11,17H,10H2,1-3H3,(H,18,19). The van der Waals surface area contributed by atoms with Gasteiger partial charge in [-0.1, -0.05) is 30.3 Å². The van der Waals surface area contributed by atoms with Crippen LogP contribution >= 0.6 is 11.3 Å². The Labute approximate surface area is 129 Å². The Kier molecular flexibility index (Phi) is 4.98. The zero-order valence-corrected chi connectivity index (χ0v) is 13.3. The molecular weight excluding hydrogens is 284 g/mol. The number of rotatable bonds is 4. The van der Waals surface area contributed by atoms with Crippen LogP contribution in [0, 0.1) is 0 Å². The number of amides is 1. The van der Waals surface area contributed by atoms with Crippen molar-refractivity contribution in [2.45, 2.75) is 32.9 Å². The molecule has 0 unspecified atom stereocenters. The number of thiophene rings is 1. The number of nitrogens with one attached hydrogen (secondary N) is 2. The summed E-state index contributed by atoms with van der Waals surface area (Å²) in [4.78, 5) is 12.6. The molecule has 0 spiro atoms. The van der Waals surface area contributed by atoms with E-state index < -0.39 is 11.7 Å². The van der Waals surface area contributed by atoms with Gasteiger partial charge >= 0.3 is 6.09 Å². The molecule has 5 heteroatoms. The number of ether oxygens (including phenoxy) is 1. The third-order valence-corrected chi connectivity index (χ3v) is 3.55. The summed E-state index contributed by atoms with van der Waals surface area (Å²) in [6.07, 6.45) is -0.470. The average molecular weight is 304 g/mol. The summed E-state index contributed by atoms with van der Waals surface area (Å²) in [6, 6.07) is 12.3. The van der Waals surface area contributed by atoms with E-state index in [1.807, 2.05) is 39.0 Å². The fraction of sp³-hybridized carbons (Fsp3) is 0.312. The van der Waals surface area contributed by atoms with Crippen LogP contribution in [0.1, 0.15) is 25.6 Å². The van der Waals surface area contributed by atoms with E-state index in [0.29, 0.717) is 6.54 Å². The molecule has 1 aromatic carbocycles. The zero-order chi connectivity index (χ0) is 15.3. The van der Waals surface area contributed by atoms with Crippen LogP contribution in [0.5, 0.6) is 0 Å². The average Bonchev–Trinajstić information content (AvgIpc) is 2.86. The van der Waals surface area contributed by atoms with Crippen LogP contribution < -0.4 is 10.9 Å². The monoisotopic (exact) mass is 304 g/mol. The van der Waals surface area contributed by atoms with Gasteiger partial charge in [0.15, 0.2) is 0 Å². The molecule has 0 fully saturated rings. The third kappa shape index (κ3) is 5.21. The van der Waals surface area contributed by atoms with Crippen molar-refractivity contribution in [3.8, 4) is 11.1 Å². The molecule has 2 rings (SSSR count). The molecule has 112 valence electrons. The Hall–Kier alpha value is -1.85.